The summed E-state index contributed by atoms with van der Waals surface area (Å²) in [6.07, 6.45) is 2.22. The number of methoxy groups -OCH3 is 1. The number of carbonyl (C=O) groups excluding carboxylic acids is 1. The second kappa shape index (κ2) is 5.10. The fourth-order valence-corrected chi connectivity index (χ4v) is 3.22. The van der Waals surface area contributed by atoms with Gasteiger partial charge in [-0.1, -0.05) is 22.0 Å². The Kier molecular flexibility index (Phi) is 3.46. The summed E-state index contributed by atoms with van der Waals surface area (Å²) in [7, 11) is 1.41. The molecule has 0 radical (unpaired) electrons. The summed E-state index contributed by atoms with van der Waals surface area (Å²) >= 11 is 3.52. The molecule has 0 saturated carbocycles. The molecule has 3 nitrogen and oxygen atoms in total. The first-order valence-corrected chi connectivity index (χ1v) is 7.17. The van der Waals surface area contributed by atoms with Crippen LogP contribution in [0.25, 0.3) is 5.57 Å². The maximum absolute atomic E-state index is 11.5. The SMILES string of the molecule is COC(=O)CC1OCC2=C1c1cc(Br)ccc1CC2. The number of halogens is 1. The van der Waals surface area contributed by atoms with Crippen molar-refractivity contribution < 1.29 is 14.3 Å². The highest BCUT2D eigenvalue weighted by atomic mass is 79.9. The lowest BCUT2D eigenvalue weighted by atomic mass is 9.84. The monoisotopic (exact) mass is 322 g/mol. The second-order valence-electron chi connectivity index (χ2n) is 4.90. The molecule has 0 fully saturated rings. The van der Waals surface area contributed by atoms with Gasteiger partial charge in [0, 0.05) is 4.47 Å². The Morgan fingerprint density at radius 1 is 1.47 bits per heavy atom. The average Bonchev–Trinajstić information content (AvgIpc) is 2.82. The summed E-state index contributed by atoms with van der Waals surface area (Å²) in [6, 6.07) is 6.34. The van der Waals surface area contributed by atoms with E-state index in [-0.39, 0.29) is 12.1 Å². The van der Waals surface area contributed by atoms with Crippen molar-refractivity contribution in [2.75, 3.05) is 13.7 Å². The first kappa shape index (κ1) is 12.9. The maximum atomic E-state index is 11.5. The van der Waals surface area contributed by atoms with Crippen LogP contribution in [0.4, 0.5) is 0 Å². The molecule has 0 N–H and O–H groups in total. The van der Waals surface area contributed by atoms with Crippen molar-refractivity contribution in [2.45, 2.75) is 25.4 Å². The van der Waals surface area contributed by atoms with Crippen LogP contribution in [0, 0.1) is 0 Å². The minimum absolute atomic E-state index is 0.157. The van der Waals surface area contributed by atoms with Crippen molar-refractivity contribution in [2.24, 2.45) is 0 Å². The molecule has 1 atom stereocenters. The van der Waals surface area contributed by atoms with Crippen LogP contribution >= 0.6 is 15.9 Å². The van der Waals surface area contributed by atoms with Crippen LogP contribution in [0.5, 0.6) is 0 Å². The van der Waals surface area contributed by atoms with Crippen molar-refractivity contribution in [1.29, 1.82) is 0 Å². The molecule has 19 heavy (non-hydrogen) atoms. The normalized spacial score (nSPS) is 21.1. The number of rotatable bonds is 2. The first-order chi connectivity index (χ1) is 9.19. The predicted octanol–water partition coefficient (Wildman–Crippen LogP) is 3.11. The molecule has 0 bridgehead atoms. The quantitative estimate of drug-likeness (QED) is 0.785. The summed E-state index contributed by atoms with van der Waals surface area (Å²) in [5.41, 5.74) is 5.09. The number of fused-ring (bicyclic) bond motifs is 2. The molecule has 1 aromatic carbocycles. The second-order valence-corrected chi connectivity index (χ2v) is 5.81. The minimum Gasteiger partial charge on any atom is -0.469 e. The van der Waals surface area contributed by atoms with Crippen LogP contribution in [0.3, 0.4) is 0 Å². The Balaban J connectivity index is 1.98. The molecule has 3 rings (SSSR count). The third-order valence-corrected chi connectivity index (χ3v) is 4.29. The zero-order valence-electron chi connectivity index (χ0n) is 10.7. The first-order valence-electron chi connectivity index (χ1n) is 6.38. The number of hydrogen-bond donors (Lipinski definition) is 0. The van der Waals surface area contributed by atoms with E-state index in [2.05, 4.69) is 34.1 Å². The zero-order valence-corrected chi connectivity index (χ0v) is 12.3. The maximum Gasteiger partial charge on any atom is 0.308 e. The van der Waals surface area contributed by atoms with E-state index < -0.39 is 0 Å². The summed E-state index contributed by atoms with van der Waals surface area (Å²) in [5, 5.41) is 0. The molecule has 1 aliphatic carbocycles. The molecule has 0 aromatic heterocycles. The summed E-state index contributed by atoms with van der Waals surface area (Å²) in [4.78, 5) is 11.5. The lowest BCUT2D eigenvalue weighted by Crippen LogP contribution is -2.17. The van der Waals surface area contributed by atoms with E-state index in [1.165, 1.54) is 29.4 Å². The Bertz CT molecular complexity index is 563. The lowest BCUT2D eigenvalue weighted by Gasteiger charge is -2.21. The molecule has 4 heteroatoms. The van der Waals surface area contributed by atoms with E-state index in [1.807, 2.05) is 0 Å². The van der Waals surface area contributed by atoms with Crippen molar-refractivity contribution in [3.63, 3.8) is 0 Å². The highest BCUT2D eigenvalue weighted by molar-refractivity contribution is 9.10. The largest absolute Gasteiger partial charge is 0.469 e. The van der Waals surface area contributed by atoms with Gasteiger partial charge in [-0.05, 0) is 47.2 Å². The van der Waals surface area contributed by atoms with Gasteiger partial charge in [0.05, 0.1) is 26.2 Å². The lowest BCUT2D eigenvalue weighted by molar-refractivity contribution is -0.142. The molecule has 100 valence electrons. The van der Waals surface area contributed by atoms with Crippen molar-refractivity contribution in [3.05, 3.63) is 39.4 Å². The molecular weight excluding hydrogens is 308 g/mol. The van der Waals surface area contributed by atoms with Gasteiger partial charge in [-0.15, -0.1) is 0 Å². The highest BCUT2D eigenvalue weighted by Gasteiger charge is 2.33. The van der Waals surface area contributed by atoms with E-state index in [9.17, 15) is 4.79 Å². The van der Waals surface area contributed by atoms with Gasteiger partial charge in [-0.2, -0.15) is 0 Å². The Labute approximate surface area is 120 Å². The van der Waals surface area contributed by atoms with Gasteiger partial charge >= 0.3 is 5.97 Å². The van der Waals surface area contributed by atoms with Gasteiger partial charge in [-0.3, -0.25) is 4.79 Å². The molecule has 0 amide bonds. The summed E-state index contributed by atoms with van der Waals surface area (Å²) in [5.74, 6) is -0.221. The third kappa shape index (κ3) is 2.35. The van der Waals surface area contributed by atoms with Crippen molar-refractivity contribution >= 4 is 27.5 Å². The number of aryl methyl sites for hydroxylation is 1. The molecule has 0 saturated heterocycles. The van der Waals surface area contributed by atoms with E-state index >= 15 is 0 Å². The van der Waals surface area contributed by atoms with E-state index in [0.29, 0.717) is 13.0 Å². The van der Waals surface area contributed by atoms with Gasteiger partial charge < -0.3 is 9.47 Å². The van der Waals surface area contributed by atoms with Crippen LogP contribution in [0.2, 0.25) is 0 Å². The predicted molar refractivity (Wildman–Crippen MR) is 75.8 cm³/mol. The van der Waals surface area contributed by atoms with E-state index in [0.717, 1.165) is 17.3 Å². The van der Waals surface area contributed by atoms with E-state index in [4.69, 9.17) is 9.47 Å². The standard InChI is InChI=1S/C15H15BrO3/c1-18-14(17)7-13-15-10(8-19-13)3-2-9-4-5-11(16)6-12(9)15/h4-6,13H,2-3,7-8H2,1H3. The van der Waals surface area contributed by atoms with Gasteiger partial charge in [0.2, 0.25) is 0 Å². The van der Waals surface area contributed by atoms with Crippen LogP contribution < -0.4 is 0 Å². The topological polar surface area (TPSA) is 35.5 Å². The van der Waals surface area contributed by atoms with Crippen LogP contribution in [-0.2, 0) is 20.7 Å². The molecule has 2 aliphatic rings. The van der Waals surface area contributed by atoms with Crippen molar-refractivity contribution in [1.82, 2.24) is 0 Å². The average molecular weight is 323 g/mol. The van der Waals surface area contributed by atoms with Gasteiger partial charge in [-0.25, -0.2) is 0 Å². The molecule has 1 heterocycles. The smallest absolute Gasteiger partial charge is 0.308 e. The highest BCUT2D eigenvalue weighted by Crippen LogP contribution is 2.41. The zero-order chi connectivity index (χ0) is 13.4. The Morgan fingerprint density at radius 3 is 3.11 bits per heavy atom. The van der Waals surface area contributed by atoms with Gasteiger partial charge in [0.25, 0.3) is 0 Å². The molecule has 1 unspecified atom stereocenters. The summed E-state index contributed by atoms with van der Waals surface area (Å²) in [6.45, 7) is 0.642. The minimum atomic E-state index is -0.221. The molecule has 0 spiro atoms. The number of carbonyl (C=O) groups is 1. The number of esters is 1. The Morgan fingerprint density at radius 2 is 2.32 bits per heavy atom. The van der Waals surface area contributed by atoms with Gasteiger partial charge in [0.15, 0.2) is 0 Å². The van der Waals surface area contributed by atoms with E-state index in [1.54, 1.807) is 0 Å². The van der Waals surface area contributed by atoms with Crippen LogP contribution in [0.15, 0.2) is 28.2 Å². The third-order valence-electron chi connectivity index (χ3n) is 3.80. The van der Waals surface area contributed by atoms with Gasteiger partial charge in [0.1, 0.15) is 0 Å². The molecule has 1 aliphatic heterocycles. The summed E-state index contributed by atoms with van der Waals surface area (Å²) < 4.78 is 11.6. The van der Waals surface area contributed by atoms with Crippen LogP contribution in [-0.4, -0.2) is 25.8 Å². The Hall–Kier alpha value is -1.13. The number of hydrogen-bond acceptors (Lipinski definition) is 3. The number of ether oxygens (including phenoxy) is 2. The molecular formula is C15H15BrO3. The van der Waals surface area contributed by atoms with Crippen LogP contribution in [0.1, 0.15) is 24.0 Å². The fourth-order valence-electron chi connectivity index (χ4n) is 2.86. The number of benzene rings is 1. The fraction of sp³-hybridized carbons (Fsp3) is 0.400. The van der Waals surface area contributed by atoms with Crippen molar-refractivity contribution in [3.8, 4) is 0 Å². The molecule has 1 aromatic rings.